The normalized spacial score (nSPS) is 19.8. The Morgan fingerprint density at radius 1 is 1.31 bits per heavy atom. The van der Waals surface area contributed by atoms with Crippen molar-refractivity contribution in [3.63, 3.8) is 0 Å². The van der Waals surface area contributed by atoms with Crippen LogP contribution in [-0.4, -0.2) is 29.3 Å². The van der Waals surface area contributed by atoms with E-state index in [1.54, 1.807) is 19.1 Å². The lowest BCUT2D eigenvalue weighted by Crippen LogP contribution is -2.41. The van der Waals surface area contributed by atoms with E-state index in [0.29, 0.717) is 17.2 Å². The number of thiophene rings is 1. The van der Waals surface area contributed by atoms with Gasteiger partial charge in [-0.15, -0.1) is 0 Å². The number of hydrogen-bond acceptors (Lipinski definition) is 4. The second kappa shape index (κ2) is 6.92. The van der Waals surface area contributed by atoms with Gasteiger partial charge in [0.1, 0.15) is 12.1 Å². The number of anilines is 1. The summed E-state index contributed by atoms with van der Waals surface area (Å²) >= 11 is 1.45. The van der Waals surface area contributed by atoms with E-state index in [1.165, 1.54) is 11.3 Å². The lowest BCUT2D eigenvalue weighted by Gasteiger charge is -2.20. The third-order valence-corrected chi connectivity index (χ3v) is 5.20. The summed E-state index contributed by atoms with van der Waals surface area (Å²) in [6.45, 7) is 5.47. The third-order valence-electron chi connectivity index (χ3n) is 4.51. The topological polar surface area (TPSA) is 78.5 Å². The lowest BCUT2D eigenvalue weighted by molar-refractivity contribution is -0.133. The van der Waals surface area contributed by atoms with Crippen molar-refractivity contribution in [1.82, 2.24) is 10.2 Å². The number of nitrogens with one attached hydrogen (secondary N) is 2. The molecule has 7 heteroatoms. The van der Waals surface area contributed by atoms with Crippen molar-refractivity contribution in [2.24, 2.45) is 0 Å². The van der Waals surface area contributed by atoms with E-state index in [9.17, 15) is 14.4 Å². The number of benzene rings is 1. The molecule has 136 valence electrons. The molecule has 6 nitrogen and oxygen atoms in total. The van der Waals surface area contributed by atoms with Gasteiger partial charge in [-0.3, -0.25) is 14.5 Å². The maximum atomic E-state index is 12.7. The molecule has 1 aromatic heterocycles. The van der Waals surface area contributed by atoms with Gasteiger partial charge in [-0.25, -0.2) is 4.79 Å². The highest BCUT2D eigenvalue weighted by Gasteiger charge is 2.49. The van der Waals surface area contributed by atoms with Gasteiger partial charge in [-0.2, -0.15) is 11.3 Å². The Bertz CT molecular complexity index is 847. The van der Waals surface area contributed by atoms with Gasteiger partial charge in [0, 0.05) is 5.69 Å². The molecule has 1 aliphatic heterocycles. The molecule has 0 bridgehead atoms. The van der Waals surface area contributed by atoms with Crippen LogP contribution in [0.2, 0.25) is 0 Å². The quantitative estimate of drug-likeness (QED) is 0.792. The van der Waals surface area contributed by atoms with Crippen LogP contribution < -0.4 is 10.6 Å². The van der Waals surface area contributed by atoms with Crippen LogP contribution in [0.4, 0.5) is 10.5 Å². The van der Waals surface area contributed by atoms with E-state index in [0.717, 1.165) is 10.5 Å². The highest BCUT2D eigenvalue weighted by Crippen LogP contribution is 2.30. The molecule has 1 saturated heterocycles. The summed E-state index contributed by atoms with van der Waals surface area (Å²) in [5, 5.41) is 9.11. The van der Waals surface area contributed by atoms with Crippen LogP contribution in [0.3, 0.4) is 0 Å². The Morgan fingerprint density at radius 3 is 2.73 bits per heavy atom. The predicted octanol–water partition coefficient (Wildman–Crippen LogP) is 3.28. The molecular weight excluding hydrogens is 350 g/mol. The van der Waals surface area contributed by atoms with Crippen LogP contribution in [0.15, 0.2) is 41.1 Å². The molecule has 0 unspecified atom stereocenters. The van der Waals surface area contributed by atoms with Gasteiger partial charge < -0.3 is 10.6 Å². The molecule has 1 atom stereocenters. The Hall–Kier alpha value is -2.67. The van der Waals surface area contributed by atoms with Crippen molar-refractivity contribution in [1.29, 1.82) is 0 Å². The Morgan fingerprint density at radius 2 is 2.08 bits per heavy atom. The SMILES string of the molecule is CC(C)c1cccc(NC(=O)CN2C(=O)N[C@@](C)(c3ccsc3)C2=O)c1. The molecule has 0 spiro atoms. The molecule has 26 heavy (non-hydrogen) atoms. The average Bonchev–Trinajstić information content (AvgIpc) is 3.20. The Kier molecular flexibility index (Phi) is 4.82. The number of rotatable bonds is 5. The zero-order valence-corrected chi connectivity index (χ0v) is 15.7. The predicted molar refractivity (Wildman–Crippen MR) is 101 cm³/mol. The zero-order chi connectivity index (χ0) is 18.9. The fraction of sp³-hybridized carbons (Fsp3) is 0.316. The summed E-state index contributed by atoms with van der Waals surface area (Å²) in [6, 6.07) is 8.77. The van der Waals surface area contributed by atoms with Gasteiger partial charge in [-0.05, 0) is 52.9 Å². The van der Waals surface area contributed by atoms with E-state index in [1.807, 2.05) is 29.0 Å². The van der Waals surface area contributed by atoms with Crippen LogP contribution in [-0.2, 0) is 15.1 Å². The van der Waals surface area contributed by atoms with Crippen molar-refractivity contribution in [2.45, 2.75) is 32.2 Å². The zero-order valence-electron chi connectivity index (χ0n) is 14.9. The van der Waals surface area contributed by atoms with Crippen molar-refractivity contribution >= 4 is 34.9 Å². The molecule has 1 aromatic carbocycles. The average molecular weight is 371 g/mol. The highest BCUT2D eigenvalue weighted by molar-refractivity contribution is 7.08. The molecule has 2 N–H and O–H groups in total. The summed E-state index contributed by atoms with van der Waals surface area (Å²) < 4.78 is 0. The minimum Gasteiger partial charge on any atom is -0.325 e. The van der Waals surface area contributed by atoms with Crippen LogP contribution in [0.25, 0.3) is 0 Å². The summed E-state index contributed by atoms with van der Waals surface area (Å²) in [5.41, 5.74) is 1.33. The molecule has 0 aliphatic carbocycles. The third kappa shape index (κ3) is 3.35. The molecule has 0 saturated carbocycles. The lowest BCUT2D eigenvalue weighted by atomic mass is 9.95. The molecule has 2 heterocycles. The van der Waals surface area contributed by atoms with Gasteiger partial charge in [0.2, 0.25) is 5.91 Å². The number of amides is 4. The smallest absolute Gasteiger partial charge is 0.325 e. The fourth-order valence-corrected chi connectivity index (χ4v) is 3.67. The fourth-order valence-electron chi connectivity index (χ4n) is 2.90. The van der Waals surface area contributed by atoms with Gasteiger partial charge in [-0.1, -0.05) is 26.0 Å². The summed E-state index contributed by atoms with van der Waals surface area (Å²) in [5.74, 6) is -0.500. The first-order valence-electron chi connectivity index (χ1n) is 8.38. The van der Waals surface area contributed by atoms with Crippen molar-refractivity contribution in [3.05, 3.63) is 52.2 Å². The van der Waals surface area contributed by atoms with Crippen LogP contribution in [0, 0.1) is 0 Å². The number of hydrogen-bond donors (Lipinski definition) is 2. The van der Waals surface area contributed by atoms with Crippen molar-refractivity contribution < 1.29 is 14.4 Å². The monoisotopic (exact) mass is 371 g/mol. The molecule has 2 aromatic rings. The van der Waals surface area contributed by atoms with Crippen LogP contribution in [0.1, 0.15) is 37.8 Å². The van der Waals surface area contributed by atoms with Crippen LogP contribution >= 0.6 is 11.3 Å². The molecule has 3 rings (SSSR count). The van der Waals surface area contributed by atoms with Gasteiger partial charge >= 0.3 is 6.03 Å². The molecule has 4 amide bonds. The maximum absolute atomic E-state index is 12.7. The number of urea groups is 1. The number of carbonyl (C=O) groups is 3. The number of nitrogens with zero attached hydrogens (tertiary/aromatic N) is 1. The summed E-state index contributed by atoms with van der Waals surface area (Å²) in [7, 11) is 0. The second-order valence-corrected chi connectivity index (χ2v) is 7.57. The maximum Gasteiger partial charge on any atom is 0.325 e. The van der Waals surface area contributed by atoms with Gasteiger partial charge in [0.05, 0.1) is 0 Å². The summed E-state index contributed by atoms with van der Waals surface area (Å²) in [4.78, 5) is 38.3. The minimum absolute atomic E-state index is 0.323. The first-order valence-corrected chi connectivity index (χ1v) is 9.32. The van der Waals surface area contributed by atoms with E-state index < -0.39 is 23.4 Å². The van der Waals surface area contributed by atoms with E-state index >= 15 is 0 Å². The van der Waals surface area contributed by atoms with Crippen molar-refractivity contribution in [2.75, 3.05) is 11.9 Å². The molecular formula is C19H21N3O3S. The van der Waals surface area contributed by atoms with E-state index in [-0.39, 0.29) is 6.54 Å². The number of imide groups is 1. The molecule has 1 aliphatic rings. The molecule has 0 radical (unpaired) electrons. The highest BCUT2D eigenvalue weighted by atomic mass is 32.1. The largest absolute Gasteiger partial charge is 0.325 e. The van der Waals surface area contributed by atoms with E-state index in [4.69, 9.17) is 0 Å². The summed E-state index contributed by atoms with van der Waals surface area (Å²) in [6.07, 6.45) is 0. The second-order valence-electron chi connectivity index (χ2n) is 6.79. The molecule has 1 fully saturated rings. The Balaban J connectivity index is 1.71. The van der Waals surface area contributed by atoms with Crippen LogP contribution in [0.5, 0.6) is 0 Å². The first kappa shape index (κ1) is 18.1. The first-order chi connectivity index (χ1) is 12.3. The standard InChI is InChI=1S/C19H21N3O3S/c1-12(2)13-5-4-6-15(9-13)20-16(23)10-22-17(24)19(3,21-18(22)25)14-7-8-26-11-14/h4-9,11-12H,10H2,1-3H3,(H,20,23)(H,21,25)/t19-/m0/s1. The van der Waals surface area contributed by atoms with E-state index in [2.05, 4.69) is 24.5 Å². The van der Waals surface area contributed by atoms with Gasteiger partial charge in [0.15, 0.2) is 0 Å². The van der Waals surface area contributed by atoms with Crippen molar-refractivity contribution in [3.8, 4) is 0 Å². The number of carbonyl (C=O) groups excluding carboxylic acids is 3. The Labute approximate surface area is 156 Å². The minimum atomic E-state index is -1.13. The van der Waals surface area contributed by atoms with Gasteiger partial charge in [0.25, 0.3) is 5.91 Å².